The van der Waals surface area contributed by atoms with E-state index in [1.54, 1.807) is 0 Å². The molecule has 0 saturated heterocycles. The molecular weight excluding hydrogens is 246 g/mol. The largest absolute Gasteiger partial charge is 0.321 e. The number of aromatic amines is 1. The van der Waals surface area contributed by atoms with Crippen molar-refractivity contribution >= 4 is 33.8 Å². The lowest BCUT2D eigenvalue weighted by atomic mass is 10.00. The summed E-state index contributed by atoms with van der Waals surface area (Å²) in [5.41, 5.74) is 3.22. The number of pyridine rings is 1. The number of fused-ring (bicyclic) bond motifs is 4. The van der Waals surface area contributed by atoms with Crippen LogP contribution in [0.1, 0.15) is 17.5 Å². The van der Waals surface area contributed by atoms with E-state index in [0.29, 0.717) is 0 Å². The van der Waals surface area contributed by atoms with Gasteiger partial charge < -0.3 is 4.98 Å². The zero-order chi connectivity index (χ0) is 13.5. The van der Waals surface area contributed by atoms with Gasteiger partial charge in [-0.05, 0) is 41.1 Å². The average Bonchev–Trinajstić information content (AvgIpc) is 2.70. The lowest BCUT2D eigenvalue weighted by Gasteiger charge is -2.07. The molecule has 4 rings (SSSR count). The normalized spacial score (nSPS) is 13.6. The van der Waals surface area contributed by atoms with Gasteiger partial charge in [-0.3, -0.25) is 4.79 Å². The number of aromatic nitrogens is 1. The number of hydrogen-bond donors (Lipinski definition) is 1. The quantitative estimate of drug-likeness (QED) is 0.605. The molecule has 0 fully saturated rings. The van der Waals surface area contributed by atoms with Gasteiger partial charge in [0.15, 0.2) is 0 Å². The summed E-state index contributed by atoms with van der Waals surface area (Å²) in [5.74, 6) is 0. The van der Waals surface area contributed by atoms with Gasteiger partial charge in [-0.15, -0.1) is 0 Å². The van der Waals surface area contributed by atoms with Crippen LogP contribution in [-0.4, -0.2) is 4.98 Å². The molecule has 0 radical (unpaired) electrons. The van der Waals surface area contributed by atoms with Crippen molar-refractivity contribution in [2.24, 2.45) is 0 Å². The molecule has 0 aliphatic heterocycles. The van der Waals surface area contributed by atoms with Crippen molar-refractivity contribution in [3.05, 3.63) is 70.0 Å². The molecule has 2 heteroatoms. The maximum Gasteiger partial charge on any atom is 0.256 e. The Bertz CT molecular complexity index is 945. The molecule has 1 heterocycles. The Morgan fingerprint density at radius 1 is 0.850 bits per heavy atom. The predicted octanol–water partition coefficient (Wildman–Crippen LogP) is 4.11. The summed E-state index contributed by atoms with van der Waals surface area (Å²) in [6.07, 6.45) is 9.49. The molecule has 0 spiro atoms. The highest BCUT2D eigenvalue weighted by molar-refractivity contribution is 6.06. The van der Waals surface area contributed by atoms with Crippen LogP contribution >= 0.6 is 0 Å². The van der Waals surface area contributed by atoms with Gasteiger partial charge in [-0.25, -0.2) is 0 Å². The van der Waals surface area contributed by atoms with Gasteiger partial charge in [0.25, 0.3) is 5.56 Å². The molecule has 96 valence electrons. The molecule has 2 aromatic carbocycles. The predicted molar refractivity (Wildman–Crippen MR) is 84.8 cm³/mol. The Morgan fingerprint density at radius 2 is 1.55 bits per heavy atom. The minimum atomic E-state index is -0.0267. The van der Waals surface area contributed by atoms with Crippen LogP contribution in [0.25, 0.3) is 33.8 Å². The van der Waals surface area contributed by atoms with E-state index in [1.165, 1.54) is 5.56 Å². The average molecular weight is 259 g/mol. The summed E-state index contributed by atoms with van der Waals surface area (Å²) >= 11 is 0. The molecule has 3 aromatic rings. The first-order chi connectivity index (χ1) is 9.83. The van der Waals surface area contributed by atoms with E-state index in [2.05, 4.69) is 41.4 Å². The Hall–Kier alpha value is -2.61. The van der Waals surface area contributed by atoms with E-state index in [0.717, 1.165) is 33.7 Å². The summed E-state index contributed by atoms with van der Waals surface area (Å²) in [6, 6.07) is 12.0. The molecule has 1 N–H and O–H groups in total. The van der Waals surface area contributed by atoms with E-state index < -0.39 is 0 Å². The minimum absolute atomic E-state index is 0.0267. The first kappa shape index (κ1) is 11.2. The van der Waals surface area contributed by atoms with Gasteiger partial charge in [0, 0.05) is 16.3 Å². The number of hydrogen-bond acceptors (Lipinski definition) is 1. The summed E-state index contributed by atoms with van der Waals surface area (Å²) in [6.45, 7) is 0. The van der Waals surface area contributed by atoms with Crippen molar-refractivity contribution in [2.45, 2.75) is 6.42 Å². The highest BCUT2D eigenvalue weighted by Crippen LogP contribution is 2.27. The Balaban J connectivity index is 2.21. The minimum Gasteiger partial charge on any atom is -0.321 e. The van der Waals surface area contributed by atoms with Gasteiger partial charge in [0.2, 0.25) is 0 Å². The van der Waals surface area contributed by atoms with E-state index in [9.17, 15) is 4.79 Å². The number of rotatable bonds is 0. The number of nitrogens with one attached hydrogen (secondary N) is 1. The second-order valence-electron chi connectivity index (χ2n) is 5.07. The van der Waals surface area contributed by atoms with Crippen molar-refractivity contribution in [2.75, 3.05) is 0 Å². The SMILES string of the molecule is O=c1[nH]c2cc3c(cc2c2ccccc12)C=CCC=C3. The monoisotopic (exact) mass is 259 g/mol. The molecule has 0 bridgehead atoms. The van der Waals surface area contributed by atoms with Crippen molar-refractivity contribution in [1.82, 2.24) is 4.98 Å². The van der Waals surface area contributed by atoms with Crippen molar-refractivity contribution in [3.63, 3.8) is 0 Å². The molecular formula is C18H13NO. The van der Waals surface area contributed by atoms with Crippen LogP contribution in [0.15, 0.2) is 53.3 Å². The third kappa shape index (κ3) is 1.62. The maximum atomic E-state index is 12.1. The van der Waals surface area contributed by atoms with E-state index in [-0.39, 0.29) is 5.56 Å². The molecule has 1 aliphatic rings. The molecule has 1 aromatic heterocycles. The number of allylic oxidation sites excluding steroid dienone is 2. The Kier molecular flexibility index (Phi) is 2.36. The number of H-pyrrole nitrogens is 1. The van der Waals surface area contributed by atoms with E-state index in [4.69, 9.17) is 0 Å². The first-order valence-electron chi connectivity index (χ1n) is 6.75. The molecule has 0 atom stereocenters. The lowest BCUT2D eigenvalue weighted by molar-refractivity contribution is 1.34. The molecule has 0 amide bonds. The standard InChI is InChI=1S/C18H13NO/c20-18-15-9-5-4-8-14(15)16-10-12-6-2-1-3-7-13(12)11-17(16)19-18/h2-11H,1H2,(H,19,20). The van der Waals surface area contributed by atoms with Crippen LogP contribution in [0.2, 0.25) is 0 Å². The van der Waals surface area contributed by atoms with E-state index >= 15 is 0 Å². The highest BCUT2D eigenvalue weighted by Gasteiger charge is 2.08. The van der Waals surface area contributed by atoms with Crippen LogP contribution in [0, 0.1) is 0 Å². The highest BCUT2D eigenvalue weighted by atomic mass is 16.1. The van der Waals surface area contributed by atoms with Crippen molar-refractivity contribution in [1.29, 1.82) is 0 Å². The lowest BCUT2D eigenvalue weighted by Crippen LogP contribution is -2.06. The zero-order valence-electron chi connectivity index (χ0n) is 10.9. The van der Waals surface area contributed by atoms with Gasteiger partial charge in [-0.2, -0.15) is 0 Å². The number of benzene rings is 2. The fourth-order valence-corrected chi connectivity index (χ4v) is 2.82. The molecule has 1 aliphatic carbocycles. The Morgan fingerprint density at radius 3 is 2.35 bits per heavy atom. The fourth-order valence-electron chi connectivity index (χ4n) is 2.82. The molecule has 0 saturated carbocycles. The van der Waals surface area contributed by atoms with Gasteiger partial charge in [0.05, 0.1) is 0 Å². The van der Waals surface area contributed by atoms with Crippen LogP contribution < -0.4 is 5.56 Å². The Labute approximate surface area is 116 Å². The van der Waals surface area contributed by atoms with Gasteiger partial charge >= 0.3 is 0 Å². The van der Waals surface area contributed by atoms with Crippen LogP contribution in [0.5, 0.6) is 0 Å². The molecule has 20 heavy (non-hydrogen) atoms. The third-order valence-electron chi connectivity index (χ3n) is 3.80. The van der Waals surface area contributed by atoms with Crippen molar-refractivity contribution in [3.8, 4) is 0 Å². The summed E-state index contributed by atoms with van der Waals surface area (Å²) in [7, 11) is 0. The third-order valence-corrected chi connectivity index (χ3v) is 3.80. The molecule has 2 nitrogen and oxygen atoms in total. The summed E-state index contributed by atoms with van der Waals surface area (Å²) < 4.78 is 0. The smallest absolute Gasteiger partial charge is 0.256 e. The summed E-state index contributed by atoms with van der Waals surface area (Å²) in [5, 5.41) is 2.85. The van der Waals surface area contributed by atoms with Crippen LogP contribution in [-0.2, 0) is 0 Å². The van der Waals surface area contributed by atoms with Gasteiger partial charge in [0.1, 0.15) is 0 Å². The first-order valence-corrected chi connectivity index (χ1v) is 6.75. The van der Waals surface area contributed by atoms with Crippen LogP contribution in [0.3, 0.4) is 0 Å². The van der Waals surface area contributed by atoms with Crippen molar-refractivity contribution < 1.29 is 0 Å². The second-order valence-corrected chi connectivity index (χ2v) is 5.07. The maximum absolute atomic E-state index is 12.1. The topological polar surface area (TPSA) is 32.9 Å². The van der Waals surface area contributed by atoms with Crippen LogP contribution in [0.4, 0.5) is 0 Å². The second kappa shape index (κ2) is 4.20. The molecule has 0 unspecified atom stereocenters. The fraction of sp³-hybridized carbons (Fsp3) is 0.0556. The van der Waals surface area contributed by atoms with E-state index in [1.807, 2.05) is 24.3 Å². The zero-order valence-corrected chi connectivity index (χ0v) is 10.9. The van der Waals surface area contributed by atoms with Gasteiger partial charge in [-0.1, -0.05) is 42.5 Å². The summed E-state index contributed by atoms with van der Waals surface area (Å²) in [4.78, 5) is 15.1.